The van der Waals surface area contributed by atoms with Crippen LogP contribution in [0.4, 0.5) is 0 Å². The van der Waals surface area contributed by atoms with Crippen LogP contribution in [0.2, 0.25) is 0 Å². The zero-order chi connectivity index (χ0) is 19.0. The molecule has 2 aliphatic rings. The third kappa shape index (κ3) is 4.77. The Balaban J connectivity index is 1.37. The Bertz CT molecular complexity index is 920. The molecule has 0 unspecified atom stereocenters. The van der Waals surface area contributed by atoms with Gasteiger partial charge >= 0.3 is 0 Å². The molecule has 2 fully saturated rings. The van der Waals surface area contributed by atoms with Crippen LogP contribution in [0.3, 0.4) is 0 Å². The molecule has 27 heavy (non-hydrogen) atoms. The van der Waals surface area contributed by atoms with E-state index >= 15 is 0 Å². The number of halogens is 2. The Morgan fingerprint density at radius 2 is 1.89 bits per heavy atom. The fraction of sp³-hybridized carbons (Fsp3) is 0.500. The van der Waals surface area contributed by atoms with E-state index in [0.29, 0.717) is 35.9 Å². The SMILES string of the molecule is O=C(CN1CCN(Cc2nc3c(Br)cc(Br)cc3c(=O)[nH]2)CC1)NC1CC1. The normalized spacial score (nSPS) is 18.7. The summed E-state index contributed by atoms with van der Waals surface area (Å²) in [6.07, 6.45) is 2.23. The molecule has 0 atom stereocenters. The molecule has 0 radical (unpaired) electrons. The highest BCUT2D eigenvalue weighted by atomic mass is 79.9. The summed E-state index contributed by atoms with van der Waals surface area (Å²) < 4.78 is 1.63. The Hall–Kier alpha value is -1.29. The topological polar surface area (TPSA) is 81.3 Å². The van der Waals surface area contributed by atoms with E-state index in [1.165, 1.54) is 0 Å². The first-order valence-corrected chi connectivity index (χ1v) is 10.7. The lowest BCUT2D eigenvalue weighted by Crippen LogP contribution is -2.49. The van der Waals surface area contributed by atoms with Crippen molar-refractivity contribution in [3.8, 4) is 0 Å². The van der Waals surface area contributed by atoms with Gasteiger partial charge in [-0.1, -0.05) is 15.9 Å². The highest BCUT2D eigenvalue weighted by Gasteiger charge is 2.25. The molecule has 1 aliphatic carbocycles. The highest BCUT2D eigenvalue weighted by molar-refractivity contribution is 9.11. The number of amides is 1. The lowest BCUT2D eigenvalue weighted by molar-refractivity contribution is -0.122. The molecule has 2 N–H and O–H groups in total. The Kier molecular flexibility index (Phi) is 5.63. The van der Waals surface area contributed by atoms with E-state index in [1.807, 2.05) is 6.07 Å². The Morgan fingerprint density at radius 3 is 2.59 bits per heavy atom. The van der Waals surface area contributed by atoms with Gasteiger partial charge in [-0.15, -0.1) is 0 Å². The standard InChI is InChI=1S/C18H21Br2N5O2/c19-11-7-13-17(14(20)8-11)22-15(23-18(13)27)9-24-3-5-25(6-4-24)10-16(26)21-12-1-2-12/h7-8,12H,1-6,9-10H2,(H,21,26)(H,22,23,27). The smallest absolute Gasteiger partial charge is 0.258 e. The van der Waals surface area contributed by atoms with Crippen LogP contribution >= 0.6 is 31.9 Å². The fourth-order valence-electron chi connectivity index (χ4n) is 3.31. The second-order valence-corrected chi connectivity index (χ2v) is 8.96. The average molecular weight is 499 g/mol. The van der Waals surface area contributed by atoms with Gasteiger partial charge in [0, 0.05) is 41.2 Å². The second kappa shape index (κ2) is 7.98. The molecule has 1 saturated carbocycles. The van der Waals surface area contributed by atoms with Crippen molar-refractivity contribution in [3.05, 3.63) is 37.3 Å². The van der Waals surface area contributed by atoms with Gasteiger partial charge in [-0.2, -0.15) is 0 Å². The summed E-state index contributed by atoms with van der Waals surface area (Å²) in [5.74, 6) is 0.790. The summed E-state index contributed by atoms with van der Waals surface area (Å²) in [5.41, 5.74) is 0.541. The number of aromatic nitrogens is 2. The van der Waals surface area contributed by atoms with Gasteiger partial charge in [0.05, 0.1) is 24.0 Å². The number of hydrogen-bond donors (Lipinski definition) is 2. The molecule has 1 aromatic heterocycles. The summed E-state index contributed by atoms with van der Waals surface area (Å²) in [6, 6.07) is 4.08. The molecule has 144 valence electrons. The number of carbonyl (C=O) groups is 1. The zero-order valence-corrected chi connectivity index (χ0v) is 18.0. The van der Waals surface area contributed by atoms with Gasteiger partial charge in [-0.05, 0) is 40.9 Å². The predicted octanol–water partition coefficient (Wildman–Crippen LogP) is 1.84. The maximum atomic E-state index is 12.4. The van der Waals surface area contributed by atoms with E-state index in [0.717, 1.165) is 48.0 Å². The lowest BCUT2D eigenvalue weighted by atomic mass is 10.2. The molecular formula is C18H21Br2N5O2. The van der Waals surface area contributed by atoms with Crippen LogP contribution in [0.5, 0.6) is 0 Å². The largest absolute Gasteiger partial charge is 0.352 e. The first kappa shape index (κ1) is 19.0. The van der Waals surface area contributed by atoms with E-state index in [1.54, 1.807) is 6.07 Å². The molecule has 1 saturated heterocycles. The van der Waals surface area contributed by atoms with Crippen LogP contribution in [0.1, 0.15) is 18.7 Å². The van der Waals surface area contributed by atoms with Crippen molar-refractivity contribution in [2.75, 3.05) is 32.7 Å². The van der Waals surface area contributed by atoms with Crippen LogP contribution in [-0.4, -0.2) is 64.4 Å². The van der Waals surface area contributed by atoms with Crippen molar-refractivity contribution in [2.45, 2.75) is 25.4 Å². The number of fused-ring (bicyclic) bond motifs is 1. The summed E-state index contributed by atoms with van der Waals surface area (Å²) >= 11 is 6.89. The minimum absolute atomic E-state index is 0.127. The summed E-state index contributed by atoms with van der Waals surface area (Å²) in [4.78, 5) is 36.3. The molecule has 1 amide bonds. The summed E-state index contributed by atoms with van der Waals surface area (Å²) in [5, 5.41) is 3.59. The van der Waals surface area contributed by atoms with Crippen LogP contribution in [0.25, 0.3) is 10.9 Å². The predicted molar refractivity (Wildman–Crippen MR) is 111 cm³/mol. The highest BCUT2D eigenvalue weighted by Crippen LogP contribution is 2.25. The van der Waals surface area contributed by atoms with Crippen LogP contribution in [-0.2, 0) is 11.3 Å². The van der Waals surface area contributed by atoms with Crippen molar-refractivity contribution < 1.29 is 4.79 Å². The zero-order valence-electron chi connectivity index (χ0n) is 14.8. The summed E-state index contributed by atoms with van der Waals surface area (Å²) in [6.45, 7) is 4.44. The molecule has 2 heterocycles. The number of H-pyrrole nitrogens is 1. The van der Waals surface area contributed by atoms with E-state index in [2.05, 4.69) is 56.9 Å². The Labute approximate surface area is 173 Å². The van der Waals surface area contributed by atoms with Crippen molar-refractivity contribution in [2.24, 2.45) is 0 Å². The Morgan fingerprint density at radius 1 is 1.19 bits per heavy atom. The number of nitrogens with one attached hydrogen (secondary N) is 2. The molecule has 2 aromatic rings. The number of carbonyl (C=O) groups excluding carboxylic acids is 1. The molecule has 1 aliphatic heterocycles. The van der Waals surface area contributed by atoms with Crippen LogP contribution in [0.15, 0.2) is 25.9 Å². The molecule has 0 spiro atoms. The number of aromatic amines is 1. The minimum Gasteiger partial charge on any atom is -0.352 e. The maximum absolute atomic E-state index is 12.4. The molecule has 7 nitrogen and oxygen atoms in total. The average Bonchev–Trinajstić information content (AvgIpc) is 3.42. The van der Waals surface area contributed by atoms with Gasteiger partial charge in [-0.25, -0.2) is 4.98 Å². The van der Waals surface area contributed by atoms with Crippen molar-refractivity contribution in [1.82, 2.24) is 25.1 Å². The first-order valence-electron chi connectivity index (χ1n) is 9.10. The second-order valence-electron chi connectivity index (χ2n) is 7.19. The van der Waals surface area contributed by atoms with E-state index in [4.69, 9.17) is 0 Å². The van der Waals surface area contributed by atoms with Crippen LogP contribution < -0.4 is 10.9 Å². The monoisotopic (exact) mass is 497 g/mol. The van der Waals surface area contributed by atoms with Crippen molar-refractivity contribution >= 4 is 48.7 Å². The number of piperazine rings is 1. The van der Waals surface area contributed by atoms with Crippen molar-refractivity contribution in [1.29, 1.82) is 0 Å². The van der Waals surface area contributed by atoms with Crippen molar-refractivity contribution in [3.63, 3.8) is 0 Å². The van der Waals surface area contributed by atoms with Gasteiger partial charge in [0.1, 0.15) is 5.82 Å². The molecule has 0 bridgehead atoms. The third-order valence-corrected chi connectivity index (χ3v) is 5.99. The first-order chi connectivity index (χ1) is 13.0. The summed E-state index contributed by atoms with van der Waals surface area (Å²) in [7, 11) is 0. The van der Waals surface area contributed by atoms with Gasteiger partial charge in [0.15, 0.2) is 0 Å². The maximum Gasteiger partial charge on any atom is 0.258 e. The van der Waals surface area contributed by atoms with E-state index in [9.17, 15) is 9.59 Å². The molecule has 9 heteroatoms. The molecular weight excluding hydrogens is 478 g/mol. The number of hydrogen-bond acceptors (Lipinski definition) is 5. The quantitative estimate of drug-likeness (QED) is 0.657. The van der Waals surface area contributed by atoms with Gasteiger partial charge < -0.3 is 10.3 Å². The van der Waals surface area contributed by atoms with Gasteiger partial charge in [-0.3, -0.25) is 19.4 Å². The molecule has 1 aromatic carbocycles. The number of rotatable bonds is 5. The number of nitrogens with zero attached hydrogens (tertiary/aromatic N) is 3. The number of benzene rings is 1. The molecule has 4 rings (SSSR count). The third-order valence-electron chi connectivity index (χ3n) is 4.93. The van der Waals surface area contributed by atoms with Gasteiger partial charge in [0.2, 0.25) is 5.91 Å². The van der Waals surface area contributed by atoms with E-state index in [-0.39, 0.29) is 11.5 Å². The van der Waals surface area contributed by atoms with Gasteiger partial charge in [0.25, 0.3) is 5.56 Å². The minimum atomic E-state index is -0.132. The lowest BCUT2D eigenvalue weighted by Gasteiger charge is -2.33. The fourth-order valence-corrected chi connectivity index (χ4v) is 4.62. The van der Waals surface area contributed by atoms with Crippen LogP contribution in [0, 0.1) is 0 Å². The van der Waals surface area contributed by atoms with E-state index < -0.39 is 0 Å².